The second-order valence-electron chi connectivity index (χ2n) is 6.81. The lowest BCUT2D eigenvalue weighted by molar-refractivity contribution is -0.120. The van der Waals surface area contributed by atoms with Crippen molar-refractivity contribution in [3.63, 3.8) is 0 Å². The molecule has 0 aliphatic carbocycles. The molecule has 0 bridgehead atoms. The Hall–Kier alpha value is -2.17. The minimum Gasteiger partial charge on any atom is -0.357 e. The first-order chi connectivity index (χ1) is 13.6. The third kappa shape index (κ3) is 6.41. The van der Waals surface area contributed by atoms with Gasteiger partial charge in [-0.25, -0.2) is 4.39 Å². The number of benzene rings is 1. The smallest absolute Gasteiger partial charge is 0.246 e. The number of nitrogens with zero attached hydrogens (tertiary/aromatic N) is 5. The molecular weight excluding hydrogens is 486 g/mol. The van der Waals surface area contributed by atoms with Crippen LogP contribution in [0, 0.1) is 5.82 Å². The van der Waals surface area contributed by atoms with Crippen molar-refractivity contribution >= 4 is 41.5 Å². The number of hydrogen-bond donors (Lipinski definition) is 1. The molecular formula is C20H28FIN6O. The fourth-order valence-corrected chi connectivity index (χ4v) is 3.26. The zero-order valence-corrected chi connectivity index (χ0v) is 19.2. The summed E-state index contributed by atoms with van der Waals surface area (Å²) in [6.45, 7) is 4.95. The molecule has 9 heteroatoms. The Morgan fingerprint density at radius 2 is 2.17 bits per heavy atom. The maximum absolute atomic E-state index is 13.3. The third-order valence-corrected chi connectivity index (χ3v) is 4.63. The summed E-state index contributed by atoms with van der Waals surface area (Å²) >= 11 is 0. The zero-order valence-electron chi connectivity index (χ0n) is 16.8. The number of aryl methyl sites for hydroxylation is 2. The number of amides is 1. The van der Waals surface area contributed by atoms with Crippen molar-refractivity contribution in [2.75, 3.05) is 37.6 Å². The van der Waals surface area contributed by atoms with Crippen LogP contribution in [0.3, 0.4) is 0 Å². The molecule has 1 saturated heterocycles. The fourth-order valence-electron chi connectivity index (χ4n) is 3.26. The first kappa shape index (κ1) is 23.1. The van der Waals surface area contributed by atoms with Gasteiger partial charge in [0.2, 0.25) is 5.91 Å². The number of guanidine groups is 1. The molecule has 0 unspecified atom stereocenters. The molecule has 0 saturated carbocycles. The first-order valence-corrected chi connectivity index (χ1v) is 9.63. The van der Waals surface area contributed by atoms with Gasteiger partial charge in [0, 0.05) is 39.4 Å². The normalized spacial score (nSPS) is 14.7. The highest BCUT2D eigenvalue weighted by atomic mass is 127. The summed E-state index contributed by atoms with van der Waals surface area (Å²) in [6, 6.07) is 6.66. The number of aliphatic imine (C=N–C) groups is 1. The molecule has 1 fully saturated rings. The number of rotatable bonds is 6. The third-order valence-electron chi connectivity index (χ3n) is 4.63. The van der Waals surface area contributed by atoms with Crippen molar-refractivity contribution in [3.8, 4) is 0 Å². The average Bonchev–Trinajstić information content (AvgIpc) is 3.10. The van der Waals surface area contributed by atoms with E-state index in [1.807, 2.05) is 31.1 Å². The van der Waals surface area contributed by atoms with Crippen LogP contribution in [0.15, 0.2) is 41.7 Å². The molecule has 1 aromatic heterocycles. The summed E-state index contributed by atoms with van der Waals surface area (Å²) in [6.07, 6.45) is 5.15. The molecule has 1 N–H and O–H groups in total. The van der Waals surface area contributed by atoms with Gasteiger partial charge in [-0.1, -0.05) is 12.1 Å². The highest BCUT2D eigenvalue weighted by Crippen LogP contribution is 2.16. The van der Waals surface area contributed by atoms with Gasteiger partial charge in [0.05, 0.1) is 11.9 Å². The van der Waals surface area contributed by atoms with Gasteiger partial charge in [-0.15, -0.1) is 24.0 Å². The summed E-state index contributed by atoms with van der Waals surface area (Å²) < 4.78 is 14.9. The van der Waals surface area contributed by atoms with Crippen LogP contribution in [0.4, 0.5) is 10.1 Å². The van der Waals surface area contributed by atoms with Crippen molar-refractivity contribution in [2.45, 2.75) is 19.8 Å². The monoisotopic (exact) mass is 514 g/mol. The minimum absolute atomic E-state index is 0. The van der Waals surface area contributed by atoms with Crippen molar-refractivity contribution in [1.82, 2.24) is 20.0 Å². The summed E-state index contributed by atoms with van der Waals surface area (Å²) in [4.78, 5) is 21.0. The van der Waals surface area contributed by atoms with Crippen LogP contribution in [0.25, 0.3) is 0 Å². The van der Waals surface area contributed by atoms with E-state index in [2.05, 4.69) is 15.4 Å². The number of carbonyl (C=O) groups excluding carboxylic acids is 1. The van der Waals surface area contributed by atoms with E-state index in [9.17, 15) is 9.18 Å². The predicted molar refractivity (Wildman–Crippen MR) is 123 cm³/mol. The van der Waals surface area contributed by atoms with Crippen LogP contribution in [-0.2, 0) is 18.3 Å². The fraction of sp³-hybridized carbons (Fsp3) is 0.450. The molecule has 0 radical (unpaired) electrons. The maximum atomic E-state index is 13.3. The lowest BCUT2D eigenvalue weighted by atomic mass is 10.1. The summed E-state index contributed by atoms with van der Waals surface area (Å²) in [5.74, 6) is 0.574. The minimum atomic E-state index is -0.209. The number of anilines is 1. The zero-order chi connectivity index (χ0) is 19.9. The van der Waals surface area contributed by atoms with Crippen LogP contribution >= 0.6 is 24.0 Å². The molecule has 0 atom stereocenters. The van der Waals surface area contributed by atoms with E-state index in [1.165, 1.54) is 6.07 Å². The molecule has 3 rings (SSSR count). The molecule has 158 valence electrons. The summed E-state index contributed by atoms with van der Waals surface area (Å²) in [5.41, 5.74) is 1.80. The van der Waals surface area contributed by atoms with Gasteiger partial charge in [-0.2, -0.15) is 5.10 Å². The van der Waals surface area contributed by atoms with E-state index in [4.69, 9.17) is 0 Å². The largest absolute Gasteiger partial charge is 0.357 e. The van der Waals surface area contributed by atoms with Gasteiger partial charge < -0.3 is 15.1 Å². The van der Waals surface area contributed by atoms with E-state index in [0.717, 1.165) is 36.6 Å². The number of aromatic nitrogens is 2. The Bertz CT molecular complexity index is 840. The van der Waals surface area contributed by atoms with Gasteiger partial charge in [-0.05, 0) is 37.5 Å². The van der Waals surface area contributed by atoms with Gasteiger partial charge in [0.15, 0.2) is 5.96 Å². The highest BCUT2D eigenvalue weighted by molar-refractivity contribution is 14.0. The molecule has 2 heterocycles. The standard InChI is InChI=1S/C20H27FN6O.HI/c1-3-22-20(23-9-5-7-16-6-4-8-17(21)12-16)26-10-11-27(19(28)15-26)18-13-24-25(2)14-18;/h4,6,8,12-14H,3,5,7,9-11,15H2,1-2H3,(H,22,23);1H. The molecule has 1 aliphatic heterocycles. The highest BCUT2D eigenvalue weighted by Gasteiger charge is 2.27. The van der Waals surface area contributed by atoms with Crippen molar-refractivity contribution in [1.29, 1.82) is 0 Å². The quantitative estimate of drug-likeness (QED) is 0.279. The lowest BCUT2D eigenvalue weighted by Crippen LogP contribution is -2.55. The van der Waals surface area contributed by atoms with Crippen molar-refractivity contribution in [3.05, 3.63) is 48.0 Å². The SMILES string of the molecule is CCNC(=NCCCc1cccc(F)c1)N1CCN(c2cnn(C)c2)C(=O)C1.I. The van der Waals surface area contributed by atoms with E-state index in [1.54, 1.807) is 27.9 Å². The summed E-state index contributed by atoms with van der Waals surface area (Å²) in [7, 11) is 1.84. The van der Waals surface area contributed by atoms with Crippen LogP contribution in [0.1, 0.15) is 18.9 Å². The first-order valence-electron chi connectivity index (χ1n) is 9.63. The van der Waals surface area contributed by atoms with Crippen LogP contribution < -0.4 is 10.2 Å². The second kappa shape index (κ2) is 11.1. The predicted octanol–water partition coefficient (Wildman–Crippen LogP) is 2.42. The topological polar surface area (TPSA) is 65.8 Å². The van der Waals surface area contributed by atoms with Crippen LogP contribution in [0.5, 0.6) is 0 Å². The molecule has 1 aliphatic rings. The van der Waals surface area contributed by atoms with Gasteiger partial charge in [0.1, 0.15) is 12.4 Å². The second-order valence-corrected chi connectivity index (χ2v) is 6.81. The molecule has 7 nitrogen and oxygen atoms in total. The Balaban J connectivity index is 0.00000300. The Kier molecular flexibility index (Phi) is 8.87. The number of hydrogen-bond acceptors (Lipinski definition) is 3. The number of nitrogens with one attached hydrogen (secondary N) is 1. The maximum Gasteiger partial charge on any atom is 0.246 e. The molecule has 2 aromatic rings. The van der Waals surface area contributed by atoms with Crippen LogP contribution in [-0.4, -0.2) is 59.3 Å². The Morgan fingerprint density at radius 3 is 2.83 bits per heavy atom. The van der Waals surface area contributed by atoms with Gasteiger partial charge >= 0.3 is 0 Å². The molecule has 29 heavy (non-hydrogen) atoms. The number of piperazine rings is 1. The van der Waals surface area contributed by atoms with E-state index in [0.29, 0.717) is 19.6 Å². The molecule has 1 aromatic carbocycles. The molecule has 0 spiro atoms. The summed E-state index contributed by atoms with van der Waals surface area (Å²) in [5, 5.41) is 7.41. The number of carbonyl (C=O) groups is 1. The van der Waals surface area contributed by atoms with E-state index < -0.39 is 0 Å². The Morgan fingerprint density at radius 1 is 1.34 bits per heavy atom. The van der Waals surface area contributed by atoms with E-state index >= 15 is 0 Å². The van der Waals surface area contributed by atoms with Crippen molar-refractivity contribution in [2.24, 2.45) is 12.0 Å². The average molecular weight is 514 g/mol. The van der Waals surface area contributed by atoms with E-state index in [-0.39, 0.29) is 42.2 Å². The lowest BCUT2D eigenvalue weighted by Gasteiger charge is -2.35. The van der Waals surface area contributed by atoms with Gasteiger partial charge in [-0.3, -0.25) is 14.5 Å². The van der Waals surface area contributed by atoms with Crippen molar-refractivity contribution < 1.29 is 9.18 Å². The van der Waals surface area contributed by atoms with Gasteiger partial charge in [0.25, 0.3) is 0 Å². The molecule has 1 amide bonds. The number of halogens is 2. The van der Waals surface area contributed by atoms with Crippen LogP contribution in [0.2, 0.25) is 0 Å². The Labute approximate surface area is 188 Å².